The Morgan fingerprint density at radius 1 is 1.17 bits per heavy atom. The standard InChI is InChI=1S/C17H24N2O4/c1-18-6-11-8-19(9-12(11)7-18)10-15-14(17(20)21)4-13(22-2)5-16(15)23-3/h4-5,11-12H,6-10H2,1-3H3,(H,20,21)/t11-,12+. The highest BCUT2D eigenvalue weighted by molar-refractivity contribution is 5.91. The second-order valence-corrected chi connectivity index (χ2v) is 6.60. The van der Waals surface area contributed by atoms with Gasteiger partial charge in [-0.2, -0.15) is 0 Å². The number of ether oxygens (including phenoxy) is 2. The van der Waals surface area contributed by atoms with Gasteiger partial charge in [-0.1, -0.05) is 0 Å². The molecule has 2 aliphatic rings. The number of carboxylic acids is 1. The van der Waals surface area contributed by atoms with E-state index in [2.05, 4.69) is 16.8 Å². The predicted octanol–water partition coefficient (Wildman–Crippen LogP) is 1.40. The van der Waals surface area contributed by atoms with Gasteiger partial charge in [0, 0.05) is 44.4 Å². The summed E-state index contributed by atoms with van der Waals surface area (Å²) in [4.78, 5) is 16.4. The van der Waals surface area contributed by atoms with Gasteiger partial charge in [-0.25, -0.2) is 4.79 Å². The molecule has 0 amide bonds. The third-order valence-corrected chi connectivity index (χ3v) is 4.99. The Morgan fingerprint density at radius 3 is 2.35 bits per heavy atom. The summed E-state index contributed by atoms with van der Waals surface area (Å²) in [5.41, 5.74) is 0.990. The number of carbonyl (C=O) groups is 1. The predicted molar refractivity (Wildman–Crippen MR) is 86.3 cm³/mol. The van der Waals surface area contributed by atoms with Crippen LogP contribution in [0.5, 0.6) is 11.5 Å². The quantitative estimate of drug-likeness (QED) is 0.885. The molecular weight excluding hydrogens is 296 g/mol. The van der Waals surface area contributed by atoms with E-state index in [1.165, 1.54) is 7.11 Å². The molecule has 2 saturated heterocycles. The van der Waals surface area contributed by atoms with Crippen LogP contribution in [-0.4, -0.2) is 68.3 Å². The average Bonchev–Trinajstić information content (AvgIpc) is 3.03. The van der Waals surface area contributed by atoms with Gasteiger partial charge < -0.3 is 19.5 Å². The van der Waals surface area contributed by atoms with Crippen molar-refractivity contribution in [1.82, 2.24) is 9.80 Å². The number of carboxylic acid groups (broad SMARTS) is 1. The van der Waals surface area contributed by atoms with E-state index in [-0.39, 0.29) is 5.56 Å². The minimum atomic E-state index is -0.948. The Morgan fingerprint density at radius 2 is 1.83 bits per heavy atom. The summed E-state index contributed by atoms with van der Waals surface area (Å²) in [6, 6.07) is 3.33. The van der Waals surface area contributed by atoms with Gasteiger partial charge in [-0.05, 0) is 24.9 Å². The van der Waals surface area contributed by atoms with Crippen molar-refractivity contribution in [2.75, 3.05) is 47.4 Å². The maximum absolute atomic E-state index is 11.6. The second kappa shape index (κ2) is 6.37. The maximum atomic E-state index is 11.6. The number of likely N-dealkylation sites (tertiary alicyclic amines) is 2. The van der Waals surface area contributed by atoms with Crippen molar-refractivity contribution in [1.29, 1.82) is 0 Å². The highest BCUT2D eigenvalue weighted by atomic mass is 16.5. The Balaban J connectivity index is 1.83. The molecule has 3 rings (SSSR count). The molecule has 0 aliphatic carbocycles. The van der Waals surface area contributed by atoms with Crippen molar-refractivity contribution in [3.63, 3.8) is 0 Å². The van der Waals surface area contributed by atoms with E-state index in [1.54, 1.807) is 19.2 Å². The van der Waals surface area contributed by atoms with E-state index >= 15 is 0 Å². The molecule has 0 saturated carbocycles. The zero-order chi connectivity index (χ0) is 16.6. The van der Waals surface area contributed by atoms with Crippen molar-refractivity contribution < 1.29 is 19.4 Å². The molecule has 1 aromatic rings. The smallest absolute Gasteiger partial charge is 0.336 e. The monoisotopic (exact) mass is 320 g/mol. The highest BCUT2D eigenvalue weighted by Crippen LogP contribution is 2.34. The fourth-order valence-electron chi connectivity index (χ4n) is 3.95. The number of aromatic carboxylic acids is 1. The van der Waals surface area contributed by atoms with Crippen LogP contribution in [0.4, 0.5) is 0 Å². The summed E-state index contributed by atoms with van der Waals surface area (Å²) in [5, 5.41) is 9.54. The lowest BCUT2D eigenvalue weighted by Crippen LogP contribution is -2.27. The molecule has 1 aromatic carbocycles. The molecule has 126 valence electrons. The molecule has 2 aliphatic heterocycles. The van der Waals surface area contributed by atoms with Crippen molar-refractivity contribution in [2.24, 2.45) is 11.8 Å². The second-order valence-electron chi connectivity index (χ2n) is 6.60. The first-order valence-electron chi connectivity index (χ1n) is 7.91. The van der Waals surface area contributed by atoms with Crippen molar-refractivity contribution >= 4 is 5.97 Å². The SMILES string of the molecule is COc1cc(OC)c(CN2C[C@H]3CN(C)C[C@H]3C2)c(C(=O)O)c1. The zero-order valence-corrected chi connectivity index (χ0v) is 13.9. The van der Waals surface area contributed by atoms with E-state index < -0.39 is 5.97 Å². The Labute approximate surface area is 136 Å². The molecule has 6 nitrogen and oxygen atoms in total. The molecular formula is C17H24N2O4. The Kier molecular flexibility index (Phi) is 4.46. The molecule has 0 spiro atoms. The minimum absolute atomic E-state index is 0.260. The number of fused-ring (bicyclic) bond motifs is 1. The van der Waals surface area contributed by atoms with Gasteiger partial charge in [0.15, 0.2) is 0 Å². The summed E-state index contributed by atoms with van der Waals surface area (Å²) < 4.78 is 10.6. The minimum Gasteiger partial charge on any atom is -0.497 e. The fourth-order valence-corrected chi connectivity index (χ4v) is 3.95. The topological polar surface area (TPSA) is 62.2 Å². The fraction of sp³-hybridized carbons (Fsp3) is 0.588. The van der Waals surface area contributed by atoms with Crippen LogP contribution in [0.1, 0.15) is 15.9 Å². The summed E-state index contributed by atoms with van der Waals surface area (Å²) in [6.45, 7) is 4.90. The van der Waals surface area contributed by atoms with Gasteiger partial charge in [0.2, 0.25) is 0 Å². The van der Waals surface area contributed by atoms with Crippen LogP contribution in [0.15, 0.2) is 12.1 Å². The molecule has 0 unspecified atom stereocenters. The molecule has 1 N–H and O–H groups in total. The Bertz CT molecular complexity index is 591. The van der Waals surface area contributed by atoms with Crippen LogP contribution in [0.3, 0.4) is 0 Å². The van der Waals surface area contributed by atoms with Crippen LogP contribution in [0, 0.1) is 11.8 Å². The number of benzene rings is 1. The molecule has 2 heterocycles. The summed E-state index contributed by atoms with van der Waals surface area (Å²) in [7, 11) is 5.26. The van der Waals surface area contributed by atoms with Crippen LogP contribution in [-0.2, 0) is 6.54 Å². The van der Waals surface area contributed by atoms with Gasteiger partial charge in [0.25, 0.3) is 0 Å². The van der Waals surface area contributed by atoms with E-state index in [0.717, 1.165) is 31.7 Å². The lowest BCUT2D eigenvalue weighted by molar-refractivity contribution is 0.0693. The van der Waals surface area contributed by atoms with E-state index in [9.17, 15) is 9.90 Å². The molecule has 23 heavy (non-hydrogen) atoms. The maximum Gasteiger partial charge on any atom is 0.336 e. The third kappa shape index (κ3) is 3.14. The Hall–Kier alpha value is -1.79. The van der Waals surface area contributed by atoms with Crippen LogP contribution in [0.25, 0.3) is 0 Å². The molecule has 2 fully saturated rings. The van der Waals surface area contributed by atoms with Crippen LogP contribution in [0.2, 0.25) is 0 Å². The number of methoxy groups -OCH3 is 2. The highest BCUT2D eigenvalue weighted by Gasteiger charge is 2.39. The van der Waals surface area contributed by atoms with E-state index in [1.807, 2.05) is 0 Å². The molecule has 0 radical (unpaired) electrons. The normalized spacial score (nSPS) is 24.7. The van der Waals surface area contributed by atoms with Crippen molar-refractivity contribution in [3.8, 4) is 11.5 Å². The van der Waals surface area contributed by atoms with Crippen molar-refractivity contribution in [3.05, 3.63) is 23.3 Å². The van der Waals surface area contributed by atoms with Crippen molar-refractivity contribution in [2.45, 2.75) is 6.54 Å². The molecule has 0 aromatic heterocycles. The number of hydrogen-bond acceptors (Lipinski definition) is 5. The van der Waals surface area contributed by atoms with Crippen LogP contribution < -0.4 is 9.47 Å². The number of nitrogens with zero attached hydrogens (tertiary/aromatic N) is 2. The third-order valence-electron chi connectivity index (χ3n) is 4.99. The molecule has 0 bridgehead atoms. The first-order chi connectivity index (χ1) is 11.0. The zero-order valence-electron chi connectivity index (χ0n) is 13.9. The first-order valence-corrected chi connectivity index (χ1v) is 7.91. The number of rotatable bonds is 5. The van der Waals surface area contributed by atoms with Crippen LogP contribution >= 0.6 is 0 Å². The first kappa shape index (κ1) is 16.1. The van der Waals surface area contributed by atoms with Gasteiger partial charge in [0.05, 0.1) is 19.8 Å². The van der Waals surface area contributed by atoms with Gasteiger partial charge in [-0.15, -0.1) is 0 Å². The van der Waals surface area contributed by atoms with E-state index in [4.69, 9.17) is 9.47 Å². The van der Waals surface area contributed by atoms with Gasteiger partial charge in [0.1, 0.15) is 11.5 Å². The van der Waals surface area contributed by atoms with E-state index in [0.29, 0.717) is 29.9 Å². The molecule has 6 heteroatoms. The lowest BCUT2D eigenvalue weighted by atomic mass is 10.0. The number of hydrogen-bond donors (Lipinski definition) is 1. The summed E-state index contributed by atoms with van der Waals surface area (Å²) >= 11 is 0. The summed E-state index contributed by atoms with van der Waals surface area (Å²) in [5.74, 6) is 1.52. The summed E-state index contributed by atoms with van der Waals surface area (Å²) in [6.07, 6.45) is 0. The molecule has 2 atom stereocenters. The lowest BCUT2D eigenvalue weighted by Gasteiger charge is -2.22. The average molecular weight is 320 g/mol. The van der Waals surface area contributed by atoms with Gasteiger partial charge >= 0.3 is 5.97 Å². The van der Waals surface area contributed by atoms with Gasteiger partial charge in [-0.3, -0.25) is 4.90 Å². The largest absolute Gasteiger partial charge is 0.497 e.